The fourth-order valence-corrected chi connectivity index (χ4v) is 2.90. The number of nitrogens with one attached hydrogen (secondary N) is 1. The third-order valence-electron chi connectivity index (χ3n) is 4.27. The van der Waals surface area contributed by atoms with E-state index in [0.29, 0.717) is 12.8 Å². The second-order valence-electron chi connectivity index (χ2n) is 6.29. The Labute approximate surface area is 149 Å². The van der Waals surface area contributed by atoms with E-state index in [2.05, 4.69) is 22.2 Å². The Hall–Kier alpha value is -2.18. The first-order valence-electron chi connectivity index (χ1n) is 8.76. The van der Waals surface area contributed by atoms with Gasteiger partial charge in [0.05, 0.1) is 6.61 Å². The summed E-state index contributed by atoms with van der Waals surface area (Å²) in [6, 6.07) is 7.99. The molecule has 2 rings (SSSR count). The number of hydrogen-bond acceptors (Lipinski definition) is 6. The van der Waals surface area contributed by atoms with Gasteiger partial charge in [0.25, 0.3) is 0 Å². The highest BCUT2D eigenvalue weighted by Gasteiger charge is 2.15. The van der Waals surface area contributed by atoms with Crippen LogP contribution in [0.5, 0.6) is 0 Å². The van der Waals surface area contributed by atoms with Crippen molar-refractivity contribution in [1.29, 1.82) is 0 Å². The molecule has 0 amide bonds. The van der Waals surface area contributed by atoms with Crippen LogP contribution < -0.4 is 11.1 Å². The number of aromatic nitrogens is 2. The van der Waals surface area contributed by atoms with Gasteiger partial charge in [-0.15, -0.1) is 0 Å². The summed E-state index contributed by atoms with van der Waals surface area (Å²) in [7, 11) is 0. The van der Waals surface area contributed by atoms with E-state index in [-0.39, 0.29) is 25.2 Å². The minimum atomic E-state index is 0.0386. The summed E-state index contributed by atoms with van der Waals surface area (Å²) in [4.78, 5) is 8.70. The van der Waals surface area contributed by atoms with E-state index in [9.17, 15) is 10.2 Å². The van der Waals surface area contributed by atoms with Crippen molar-refractivity contribution in [2.75, 3.05) is 17.7 Å². The molecule has 1 aromatic carbocycles. The fourth-order valence-electron chi connectivity index (χ4n) is 2.90. The zero-order chi connectivity index (χ0) is 18.2. The Kier molecular flexibility index (Phi) is 7.16. The first-order valence-corrected chi connectivity index (χ1v) is 8.76. The average Bonchev–Trinajstić information content (AvgIpc) is 2.59. The highest BCUT2D eigenvalue weighted by molar-refractivity contribution is 5.52. The molecule has 0 spiro atoms. The van der Waals surface area contributed by atoms with Crippen molar-refractivity contribution in [3.05, 3.63) is 46.6 Å². The number of aryl methyl sites for hydroxylation is 1. The molecule has 0 unspecified atom stereocenters. The maximum Gasteiger partial charge on any atom is 0.222 e. The summed E-state index contributed by atoms with van der Waals surface area (Å²) < 4.78 is 0. The minimum Gasteiger partial charge on any atom is -0.396 e. The third kappa shape index (κ3) is 5.41. The molecule has 6 heteroatoms. The molecule has 5 N–H and O–H groups in total. The predicted molar refractivity (Wildman–Crippen MR) is 100 cm³/mol. The minimum absolute atomic E-state index is 0.0386. The monoisotopic (exact) mass is 344 g/mol. The van der Waals surface area contributed by atoms with E-state index < -0.39 is 0 Å². The molecule has 0 saturated carbocycles. The van der Waals surface area contributed by atoms with Crippen LogP contribution in [-0.4, -0.2) is 32.8 Å². The van der Waals surface area contributed by atoms with Gasteiger partial charge >= 0.3 is 0 Å². The quantitative estimate of drug-likeness (QED) is 0.557. The van der Waals surface area contributed by atoms with Crippen molar-refractivity contribution in [2.45, 2.75) is 52.2 Å². The summed E-state index contributed by atoms with van der Waals surface area (Å²) in [5, 5.41) is 21.9. The molecular weight excluding hydrogens is 316 g/mol. The lowest BCUT2D eigenvalue weighted by Crippen LogP contribution is -2.23. The molecule has 1 aromatic heterocycles. The Balaban J connectivity index is 2.28. The summed E-state index contributed by atoms with van der Waals surface area (Å²) in [6.07, 6.45) is 3.32. The van der Waals surface area contributed by atoms with Crippen molar-refractivity contribution >= 4 is 11.8 Å². The molecule has 1 atom stereocenters. The molecule has 2 aromatic rings. The van der Waals surface area contributed by atoms with Gasteiger partial charge in [0.2, 0.25) is 5.95 Å². The number of rotatable bonds is 9. The first-order chi connectivity index (χ1) is 12.1. The van der Waals surface area contributed by atoms with Crippen LogP contribution in [0.15, 0.2) is 24.3 Å². The van der Waals surface area contributed by atoms with Gasteiger partial charge in [-0.2, -0.15) is 4.98 Å². The van der Waals surface area contributed by atoms with E-state index in [1.165, 1.54) is 0 Å². The molecule has 0 radical (unpaired) electrons. The number of benzene rings is 1. The molecule has 6 nitrogen and oxygen atoms in total. The van der Waals surface area contributed by atoms with Crippen LogP contribution in [-0.2, 0) is 13.0 Å². The van der Waals surface area contributed by atoms with Gasteiger partial charge in [-0.25, -0.2) is 4.98 Å². The van der Waals surface area contributed by atoms with Crippen LogP contribution in [0, 0.1) is 6.92 Å². The van der Waals surface area contributed by atoms with E-state index in [4.69, 9.17) is 5.73 Å². The lowest BCUT2D eigenvalue weighted by atomic mass is 10.0. The van der Waals surface area contributed by atoms with Crippen LogP contribution in [0.1, 0.15) is 48.6 Å². The van der Waals surface area contributed by atoms with Gasteiger partial charge in [-0.05, 0) is 30.9 Å². The topological polar surface area (TPSA) is 104 Å². The lowest BCUT2D eigenvalue weighted by Gasteiger charge is -2.21. The molecule has 0 saturated heterocycles. The van der Waals surface area contributed by atoms with Gasteiger partial charge in [0, 0.05) is 30.3 Å². The molecule has 0 aliphatic carbocycles. The van der Waals surface area contributed by atoms with Crippen molar-refractivity contribution in [1.82, 2.24) is 9.97 Å². The SMILES string of the molecule is CCC[C@@H](CCO)Nc1nc(N)nc(C)c1Cc1ccc(CO)cc1. The van der Waals surface area contributed by atoms with Crippen molar-refractivity contribution in [3.63, 3.8) is 0 Å². The van der Waals surface area contributed by atoms with E-state index in [0.717, 1.165) is 41.0 Å². The van der Waals surface area contributed by atoms with Crippen LogP contribution in [0.25, 0.3) is 0 Å². The number of nitrogen functional groups attached to an aromatic ring is 1. The van der Waals surface area contributed by atoms with Crippen molar-refractivity contribution in [2.24, 2.45) is 0 Å². The average molecular weight is 344 g/mol. The van der Waals surface area contributed by atoms with E-state index >= 15 is 0 Å². The van der Waals surface area contributed by atoms with Crippen LogP contribution in [0.3, 0.4) is 0 Å². The molecular formula is C19H28N4O2. The summed E-state index contributed by atoms with van der Waals surface area (Å²) in [5.41, 5.74) is 9.70. The van der Waals surface area contributed by atoms with Gasteiger partial charge < -0.3 is 21.3 Å². The second-order valence-corrected chi connectivity index (χ2v) is 6.29. The Bertz CT molecular complexity index is 668. The van der Waals surface area contributed by atoms with Gasteiger partial charge in [-0.3, -0.25) is 0 Å². The van der Waals surface area contributed by atoms with Gasteiger partial charge in [0.1, 0.15) is 5.82 Å². The highest BCUT2D eigenvalue weighted by Crippen LogP contribution is 2.23. The Morgan fingerprint density at radius 3 is 2.36 bits per heavy atom. The summed E-state index contributed by atoms with van der Waals surface area (Å²) in [5.74, 6) is 0.988. The van der Waals surface area contributed by atoms with Crippen LogP contribution in [0.2, 0.25) is 0 Å². The smallest absolute Gasteiger partial charge is 0.222 e. The molecule has 0 aliphatic rings. The third-order valence-corrected chi connectivity index (χ3v) is 4.27. The zero-order valence-corrected chi connectivity index (χ0v) is 15.0. The second kappa shape index (κ2) is 9.34. The number of nitrogens with two attached hydrogens (primary N) is 1. The number of anilines is 2. The molecule has 0 aliphatic heterocycles. The highest BCUT2D eigenvalue weighted by atomic mass is 16.3. The Morgan fingerprint density at radius 2 is 1.76 bits per heavy atom. The Morgan fingerprint density at radius 1 is 1.08 bits per heavy atom. The fraction of sp³-hybridized carbons (Fsp3) is 0.474. The van der Waals surface area contributed by atoms with E-state index in [1.54, 1.807) is 0 Å². The summed E-state index contributed by atoms with van der Waals surface area (Å²) >= 11 is 0. The molecule has 0 fully saturated rings. The van der Waals surface area contributed by atoms with Gasteiger partial charge in [0.15, 0.2) is 0 Å². The maximum atomic E-state index is 9.29. The van der Waals surface area contributed by atoms with Crippen molar-refractivity contribution < 1.29 is 10.2 Å². The number of nitrogens with zero attached hydrogens (tertiary/aromatic N) is 2. The molecule has 136 valence electrons. The first kappa shape index (κ1) is 19.1. The summed E-state index contributed by atoms with van der Waals surface area (Å²) in [6.45, 7) is 4.23. The number of aliphatic hydroxyl groups is 2. The number of aliphatic hydroxyl groups excluding tert-OH is 2. The molecule has 1 heterocycles. The molecule has 25 heavy (non-hydrogen) atoms. The molecule has 0 bridgehead atoms. The maximum absolute atomic E-state index is 9.29. The van der Waals surface area contributed by atoms with Gasteiger partial charge in [-0.1, -0.05) is 37.6 Å². The van der Waals surface area contributed by atoms with Crippen LogP contribution >= 0.6 is 0 Å². The van der Waals surface area contributed by atoms with E-state index in [1.807, 2.05) is 31.2 Å². The normalized spacial score (nSPS) is 12.2. The largest absolute Gasteiger partial charge is 0.396 e. The van der Waals surface area contributed by atoms with Crippen LogP contribution in [0.4, 0.5) is 11.8 Å². The number of hydrogen-bond donors (Lipinski definition) is 4. The standard InChI is InChI=1S/C19H28N4O2/c1-3-4-16(9-10-24)22-18-17(13(2)21-19(20)23-18)11-14-5-7-15(12-25)8-6-14/h5-8,16,24-25H,3-4,9-12H2,1-2H3,(H3,20,21,22,23)/t16-/m0/s1. The van der Waals surface area contributed by atoms with Crippen molar-refractivity contribution in [3.8, 4) is 0 Å². The predicted octanol–water partition coefficient (Wildman–Crippen LogP) is 2.41. The lowest BCUT2D eigenvalue weighted by molar-refractivity contribution is 0.276. The zero-order valence-electron chi connectivity index (χ0n) is 15.0.